The summed E-state index contributed by atoms with van der Waals surface area (Å²) in [7, 11) is 0. The fraction of sp³-hybridized carbons (Fsp3) is 0.0435. The summed E-state index contributed by atoms with van der Waals surface area (Å²) in [5.74, 6) is 0.126. The summed E-state index contributed by atoms with van der Waals surface area (Å²) >= 11 is 0. The summed E-state index contributed by atoms with van der Waals surface area (Å²) < 4.78 is 20.2. The van der Waals surface area contributed by atoms with Crippen molar-refractivity contribution in [3.8, 4) is 11.6 Å². The smallest absolute Gasteiger partial charge is 0.248 e. The van der Waals surface area contributed by atoms with Crippen molar-refractivity contribution in [2.45, 2.75) is 6.54 Å². The number of nitrogens with one attached hydrogen (secondary N) is 1. The molecule has 0 aliphatic carbocycles. The van der Waals surface area contributed by atoms with Gasteiger partial charge in [-0.25, -0.2) is 14.1 Å². The van der Waals surface area contributed by atoms with Crippen LogP contribution in [0, 0.1) is 5.82 Å². The van der Waals surface area contributed by atoms with E-state index in [0.717, 1.165) is 5.56 Å². The Morgan fingerprint density at radius 1 is 1.06 bits per heavy atom. The third-order valence-electron chi connectivity index (χ3n) is 4.19. The van der Waals surface area contributed by atoms with Gasteiger partial charge in [0.15, 0.2) is 0 Å². The van der Waals surface area contributed by atoms with E-state index in [1.54, 1.807) is 29.1 Å². The fourth-order valence-corrected chi connectivity index (χ4v) is 2.72. The van der Waals surface area contributed by atoms with Gasteiger partial charge in [0.05, 0.1) is 24.6 Å². The Bertz CT molecular complexity index is 1170. The molecule has 8 heteroatoms. The molecule has 0 aliphatic heterocycles. The molecule has 0 atom stereocenters. The Morgan fingerprint density at radius 3 is 2.61 bits per heavy atom. The van der Waals surface area contributed by atoms with Crippen LogP contribution in [-0.4, -0.2) is 25.9 Å². The number of carbonyl (C=O) groups excluding carboxylic acids is 1. The number of rotatable bonds is 7. The van der Waals surface area contributed by atoms with Crippen molar-refractivity contribution < 1.29 is 13.9 Å². The van der Waals surface area contributed by atoms with Crippen molar-refractivity contribution in [3.63, 3.8) is 0 Å². The largest absolute Gasteiger partial charge is 0.439 e. The van der Waals surface area contributed by atoms with Crippen LogP contribution >= 0.6 is 0 Å². The van der Waals surface area contributed by atoms with E-state index in [1.807, 2.05) is 30.3 Å². The lowest BCUT2D eigenvalue weighted by atomic mass is 10.2. The van der Waals surface area contributed by atoms with Crippen molar-refractivity contribution in [3.05, 3.63) is 102 Å². The number of carbonyl (C=O) groups is 1. The second kappa shape index (κ2) is 9.45. The number of hydrogen-bond acceptors (Lipinski definition) is 5. The second-order valence-corrected chi connectivity index (χ2v) is 6.59. The Kier molecular flexibility index (Phi) is 6.08. The van der Waals surface area contributed by atoms with Crippen molar-refractivity contribution >= 4 is 17.7 Å². The average Bonchev–Trinajstić information content (AvgIpc) is 3.23. The predicted octanol–water partition coefficient (Wildman–Crippen LogP) is 4.30. The third-order valence-corrected chi connectivity index (χ3v) is 4.19. The van der Waals surface area contributed by atoms with Gasteiger partial charge in [-0.2, -0.15) is 0 Å². The molecule has 0 saturated heterocycles. The molecule has 0 aliphatic rings. The normalized spacial score (nSPS) is 10.9. The highest BCUT2D eigenvalue weighted by atomic mass is 19.1. The molecule has 0 saturated carbocycles. The van der Waals surface area contributed by atoms with Crippen molar-refractivity contribution in [1.82, 2.24) is 20.0 Å². The first-order valence-electron chi connectivity index (χ1n) is 9.47. The first-order valence-corrected chi connectivity index (χ1v) is 9.47. The average molecular weight is 415 g/mol. The van der Waals surface area contributed by atoms with Crippen molar-refractivity contribution in [2.24, 2.45) is 0 Å². The number of nitrogens with zero attached hydrogens (tertiary/aromatic N) is 4. The predicted molar refractivity (Wildman–Crippen MR) is 114 cm³/mol. The van der Waals surface area contributed by atoms with Gasteiger partial charge < -0.3 is 10.1 Å². The number of aromatic nitrogens is 4. The topological polar surface area (TPSA) is 81.9 Å². The van der Waals surface area contributed by atoms with E-state index in [9.17, 15) is 9.18 Å². The summed E-state index contributed by atoms with van der Waals surface area (Å²) in [6, 6.07) is 18.8. The minimum Gasteiger partial charge on any atom is -0.439 e. The van der Waals surface area contributed by atoms with Gasteiger partial charge in [0.2, 0.25) is 11.8 Å². The first-order chi connectivity index (χ1) is 15.1. The Hall–Kier alpha value is -4.33. The van der Waals surface area contributed by atoms with Crippen LogP contribution in [0.15, 0.2) is 85.2 Å². The highest BCUT2D eigenvalue weighted by Crippen LogP contribution is 2.20. The summed E-state index contributed by atoms with van der Waals surface area (Å²) in [4.78, 5) is 16.3. The van der Waals surface area contributed by atoms with Crippen LogP contribution in [0.1, 0.15) is 11.3 Å². The Balaban J connectivity index is 1.30. The van der Waals surface area contributed by atoms with E-state index in [1.165, 1.54) is 36.5 Å². The molecule has 31 heavy (non-hydrogen) atoms. The SMILES string of the molecule is O=C(/C=C/c1cn(Cc2ccccc2)nn1)Nc1ccc(Oc2ccc(F)cc2)nc1. The number of benzene rings is 2. The van der Waals surface area contributed by atoms with Gasteiger partial charge in [0, 0.05) is 12.1 Å². The van der Waals surface area contributed by atoms with Gasteiger partial charge in [0.1, 0.15) is 17.3 Å². The lowest BCUT2D eigenvalue weighted by Gasteiger charge is -2.06. The molecule has 2 aromatic carbocycles. The maximum Gasteiger partial charge on any atom is 0.248 e. The zero-order valence-electron chi connectivity index (χ0n) is 16.4. The number of amides is 1. The van der Waals surface area contributed by atoms with Crippen LogP contribution in [0.5, 0.6) is 11.6 Å². The molecule has 0 unspecified atom stereocenters. The highest BCUT2D eigenvalue weighted by molar-refractivity contribution is 6.01. The summed E-state index contributed by atoms with van der Waals surface area (Å²) in [6.07, 6.45) is 6.20. The van der Waals surface area contributed by atoms with E-state index in [0.29, 0.717) is 29.6 Å². The lowest BCUT2D eigenvalue weighted by Crippen LogP contribution is -2.07. The molecule has 154 valence electrons. The van der Waals surface area contributed by atoms with E-state index >= 15 is 0 Å². The fourth-order valence-electron chi connectivity index (χ4n) is 2.72. The molecular formula is C23H18FN5O2. The van der Waals surface area contributed by atoms with E-state index < -0.39 is 0 Å². The number of ether oxygens (including phenoxy) is 1. The monoisotopic (exact) mass is 415 g/mol. The van der Waals surface area contributed by atoms with Crippen LogP contribution < -0.4 is 10.1 Å². The van der Waals surface area contributed by atoms with Crippen LogP contribution in [-0.2, 0) is 11.3 Å². The first kappa shape index (κ1) is 20.0. The molecule has 4 rings (SSSR count). The zero-order valence-corrected chi connectivity index (χ0v) is 16.4. The van der Waals surface area contributed by atoms with Gasteiger partial charge >= 0.3 is 0 Å². The Morgan fingerprint density at radius 2 is 1.87 bits per heavy atom. The van der Waals surface area contributed by atoms with E-state index in [-0.39, 0.29) is 11.7 Å². The molecule has 1 amide bonds. The molecular weight excluding hydrogens is 397 g/mol. The van der Waals surface area contributed by atoms with Crippen LogP contribution in [0.3, 0.4) is 0 Å². The number of hydrogen-bond donors (Lipinski definition) is 1. The van der Waals surface area contributed by atoms with Gasteiger partial charge in [-0.1, -0.05) is 35.5 Å². The van der Waals surface area contributed by atoms with Gasteiger partial charge in [-0.3, -0.25) is 4.79 Å². The molecule has 7 nitrogen and oxygen atoms in total. The Labute approximate surface area is 177 Å². The summed E-state index contributed by atoms with van der Waals surface area (Å²) in [5, 5.41) is 10.8. The molecule has 0 fully saturated rings. The van der Waals surface area contributed by atoms with Crippen molar-refractivity contribution in [1.29, 1.82) is 0 Å². The second-order valence-electron chi connectivity index (χ2n) is 6.59. The molecule has 0 bridgehead atoms. The van der Waals surface area contributed by atoms with Crippen LogP contribution in [0.4, 0.5) is 10.1 Å². The van der Waals surface area contributed by atoms with Crippen LogP contribution in [0.25, 0.3) is 6.08 Å². The molecule has 0 spiro atoms. The number of halogens is 1. The molecule has 0 radical (unpaired) electrons. The molecule has 2 aromatic heterocycles. The highest BCUT2D eigenvalue weighted by Gasteiger charge is 2.03. The van der Waals surface area contributed by atoms with Gasteiger partial charge in [-0.15, -0.1) is 5.10 Å². The van der Waals surface area contributed by atoms with Crippen molar-refractivity contribution in [2.75, 3.05) is 5.32 Å². The maximum atomic E-state index is 12.9. The molecule has 1 N–H and O–H groups in total. The maximum absolute atomic E-state index is 12.9. The van der Waals surface area contributed by atoms with E-state index in [4.69, 9.17) is 4.74 Å². The number of pyridine rings is 1. The molecule has 4 aromatic rings. The minimum absolute atomic E-state index is 0.327. The third kappa shape index (κ3) is 5.83. The van der Waals surface area contributed by atoms with Crippen LogP contribution in [0.2, 0.25) is 0 Å². The molecule has 2 heterocycles. The summed E-state index contributed by atoms with van der Waals surface area (Å²) in [5.41, 5.74) is 2.20. The zero-order chi connectivity index (χ0) is 21.5. The summed E-state index contributed by atoms with van der Waals surface area (Å²) in [6.45, 7) is 0.603. The lowest BCUT2D eigenvalue weighted by molar-refractivity contribution is -0.111. The minimum atomic E-state index is -0.342. The standard InChI is InChI=1S/C23H18FN5O2/c24-18-6-10-21(11-7-18)31-23-13-9-19(14-25-23)26-22(30)12-8-20-16-29(28-27-20)15-17-4-2-1-3-5-17/h1-14,16H,15H2,(H,26,30)/b12-8+. The quantitative estimate of drug-likeness (QED) is 0.455. The number of anilines is 1. The van der Waals surface area contributed by atoms with E-state index in [2.05, 4.69) is 20.6 Å². The van der Waals surface area contributed by atoms with Gasteiger partial charge in [0.25, 0.3) is 0 Å². The van der Waals surface area contributed by atoms with Gasteiger partial charge in [-0.05, 0) is 42.0 Å².